The predicted octanol–water partition coefficient (Wildman–Crippen LogP) is 3.16. The Morgan fingerprint density at radius 1 is 1.13 bits per heavy atom. The second-order valence-electron chi connectivity index (χ2n) is 5.35. The summed E-state index contributed by atoms with van der Waals surface area (Å²) >= 11 is 1.43. The summed E-state index contributed by atoms with van der Waals surface area (Å²) in [6, 6.07) is 18.0. The van der Waals surface area contributed by atoms with Crippen molar-refractivity contribution < 1.29 is 4.79 Å². The van der Waals surface area contributed by atoms with E-state index in [1.54, 1.807) is 6.21 Å². The van der Waals surface area contributed by atoms with Gasteiger partial charge < -0.3 is 5.32 Å². The maximum Gasteiger partial charge on any atom is 0.239 e. The number of nitrogens with one attached hydrogen (secondary N) is 1. The molecule has 23 heavy (non-hydrogen) atoms. The zero-order valence-electron chi connectivity index (χ0n) is 12.8. The first-order chi connectivity index (χ1) is 11.2. The molecule has 5 heteroatoms. The lowest BCUT2D eigenvalue weighted by molar-refractivity contribution is -0.118. The van der Waals surface area contributed by atoms with Crippen LogP contribution in [0.5, 0.6) is 0 Å². The van der Waals surface area contributed by atoms with Gasteiger partial charge in [0.1, 0.15) is 0 Å². The van der Waals surface area contributed by atoms with Gasteiger partial charge in [0.2, 0.25) is 5.91 Å². The molecule has 0 aliphatic carbocycles. The smallest absolute Gasteiger partial charge is 0.239 e. The van der Waals surface area contributed by atoms with Crippen molar-refractivity contribution in [3.8, 4) is 0 Å². The number of carbonyl (C=O) groups excluding carboxylic acids is 1. The lowest BCUT2D eigenvalue weighted by Crippen LogP contribution is -2.25. The number of carbonyl (C=O) groups is 1. The highest BCUT2D eigenvalue weighted by Crippen LogP contribution is 2.23. The number of rotatable bonds is 4. The third kappa shape index (κ3) is 4.29. The lowest BCUT2D eigenvalue weighted by Gasteiger charge is -2.05. The molecule has 1 aliphatic rings. The second-order valence-corrected chi connectivity index (χ2v) is 6.54. The molecule has 2 aromatic carbocycles. The van der Waals surface area contributed by atoms with E-state index < -0.39 is 0 Å². The molecule has 0 radical (unpaired) electrons. The molecule has 1 saturated heterocycles. The molecule has 4 nitrogen and oxygen atoms in total. The molecule has 1 heterocycles. The van der Waals surface area contributed by atoms with E-state index >= 15 is 0 Å². The van der Waals surface area contributed by atoms with Crippen LogP contribution in [0.25, 0.3) is 0 Å². The van der Waals surface area contributed by atoms with Crippen LogP contribution in [0.4, 0.5) is 0 Å². The zero-order valence-corrected chi connectivity index (χ0v) is 13.6. The van der Waals surface area contributed by atoms with Crippen LogP contribution in [0.15, 0.2) is 64.8 Å². The van der Waals surface area contributed by atoms with Crippen LogP contribution in [0.2, 0.25) is 0 Å². The molecular weight excluding hydrogens is 306 g/mol. The van der Waals surface area contributed by atoms with Crippen LogP contribution in [-0.4, -0.2) is 22.5 Å². The van der Waals surface area contributed by atoms with E-state index in [0.717, 1.165) is 11.1 Å². The van der Waals surface area contributed by atoms with Gasteiger partial charge in [-0.05, 0) is 24.5 Å². The third-order valence-corrected chi connectivity index (χ3v) is 4.55. The van der Waals surface area contributed by atoms with Crippen molar-refractivity contribution in [2.75, 3.05) is 0 Å². The monoisotopic (exact) mass is 323 g/mol. The van der Waals surface area contributed by atoms with Gasteiger partial charge in [0, 0.05) is 0 Å². The van der Waals surface area contributed by atoms with Gasteiger partial charge in [-0.15, -0.1) is 5.10 Å². The molecule has 1 N–H and O–H groups in total. The van der Waals surface area contributed by atoms with Gasteiger partial charge in [-0.25, -0.2) is 0 Å². The van der Waals surface area contributed by atoms with Gasteiger partial charge in [-0.1, -0.05) is 71.9 Å². The Bertz CT molecular complexity index is 739. The first-order valence-corrected chi connectivity index (χ1v) is 8.28. The summed E-state index contributed by atoms with van der Waals surface area (Å²) in [6.07, 6.45) is 2.37. The minimum absolute atomic E-state index is 0.00997. The van der Waals surface area contributed by atoms with E-state index in [1.807, 2.05) is 30.3 Å². The SMILES string of the molecule is Cc1ccc(C[C@@H]2S/C(=N/N=Cc3ccccc3)NC2=O)cc1. The van der Waals surface area contributed by atoms with Crippen LogP contribution >= 0.6 is 11.8 Å². The van der Waals surface area contributed by atoms with Crippen molar-refractivity contribution in [2.45, 2.75) is 18.6 Å². The van der Waals surface area contributed by atoms with E-state index in [0.29, 0.717) is 11.6 Å². The van der Waals surface area contributed by atoms with Crippen LogP contribution in [0.1, 0.15) is 16.7 Å². The molecular formula is C18H17N3OS. The normalized spacial score (nSPS) is 19.4. The molecule has 116 valence electrons. The summed E-state index contributed by atoms with van der Waals surface area (Å²) in [5.74, 6) is -0.00997. The van der Waals surface area contributed by atoms with E-state index in [4.69, 9.17) is 0 Å². The van der Waals surface area contributed by atoms with Crippen molar-refractivity contribution >= 4 is 29.1 Å². The number of amides is 1. The van der Waals surface area contributed by atoms with Crippen LogP contribution in [-0.2, 0) is 11.2 Å². The largest absolute Gasteiger partial charge is 0.303 e. The average molecular weight is 323 g/mol. The van der Waals surface area contributed by atoms with Crippen molar-refractivity contribution in [2.24, 2.45) is 10.2 Å². The maximum absolute atomic E-state index is 12.0. The molecule has 0 spiro atoms. The number of nitrogens with zero attached hydrogens (tertiary/aromatic N) is 2. The standard InChI is InChI=1S/C18H17N3OS/c1-13-7-9-14(10-8-13)11-16-17(22)20-18(23-16)21-19-12-15-5-3-2-4-6-15/h2-10,12,16H,11H2,1H3,(H,20,21,22)/t16-/m0/s1. The van der Waals surface area contributed by atoms with Gasteiger partial charge in [0.05, 0.1) is 11.5 Å². The van der Waals surface area contributed by atoms with Crippen LogP contribution in [0.3, 0.4) is 0 Å². The van der Waals surface area contributed by atoms with Crippen molar-refractivity contribution in [3.63, 3.8) is 0 Å². The zero-order chi connectivity index (χ0) is 16.1. The minimum atomic E-state index is -0.150. The number of hydrogen-bond donors (Lipinski definition) is 1. The molecule has 1 fully saturated rings. The van der Waals surface area contributed by atoms with E-state index in [1.165, 1.54) is 17.3 Å². The number of amidine groups is 1. The van der Waals surface area contributed by atoms with Gasteiger partial charge >= 0.3 is 0 Å². The van der Waals surface area contributed by atoms with Gasteiger partial charge in [0.15, 0.2) is 5.17 Å². The highest BCUT2D eigenvalue weighted by atomic mass is 32.2. The Morgan fingerprint density at radius 3 is 2.61 bits per heavy atom. The Labute approximate surface area is 139 Å². The molecule has 1 aliphatic heterocycles. The molecule has 1 amide bonds. The second kappa shape index (κ2) is 7.24. The summed E-state index contributed by atoms with van der Waals surface area (Å²) in [5.41, 5.74) is 3.34. The number of thioether (sulfide) groups is 1. The van der Waals surface area contributed by atoms with E-state index in [9.17, 15) is 4.79 Å². The van der Waals surface area contributed by atoms with Crippen molar-refractivity contribution in [1.82, 2.24) is 5.32 Å². The summed E-state index contributed by atoms with van der Waals surface area (Å²) in [6.45, 7) is 2.05. The Morgan fingerprint density at radius 2 is 1.87 bits per heavy atom. The summed E-state index contributed by atoms with van der Waals surface area (Å²) < 4.78 is 0. The molecule has 3 rings (SSSR count). The third-order valence-electron chi connectivity index (χ3n) is 3.47. The highest BCUT2D eigenvalue weighted by Gasteiger charge is 2.30. The molecule has 1 atom stereocenters. The van der Waals surface area contributed by atoms with Gasteiger partial charge in [0.25, 0.3) is 0 Å². The minimum Gasteiger partial charge on any atom is -0.303 e. The first-order valence-electron chi connectivity index (χ1n) is 7.40. The Kier molecular flexibility index (Phi) is 4.88. The highest BCUT2D eigenvalue weighted by molar-refractivity contribution is 8.15. The topological polar surface area (TPSA) is 53.8 Å². The molecule has 0 aromatic heterocycles. The molecule has 2 aromatic rings. The fourth-order valence-corrected chi connectivity index (χ4v) is 3.18. The van der Waals surface area contributed by atoms with Crippen LogP contribution in [0, 0.1) is 6.92 Å². The molecule has 0 unspecified atom stereocenters. The van der Waals surface area contributed by atoms with Crippen molar-refractivity contribution in [3.05, 3.63) is 71.3 Å². The molecule has 0 saturated carbocycles. The maximum atomic E-state index is 12.0. The summed E-state index contributed by atoms with van der Waals surface area (Å²) in [7, 11) is 0. The van der Waals surface area contributed by atoms with Crippen LogP contribution < -0.4 is 5.32 Å². The average Bonchev–Trinajstić information content (AvgIpc) is 2.90. The van der Waals surface area contributed by atoms with Crippen molar-refractivity contribution in [1.29, 1.82) is 0 Å². The molecule has 0 bridgehead atoms. The number of aryl methyl sites for hydroxylation is 1. The first kappa shape index (κ1) is 15.5. The summed E-state index contributed by atoms with van der Waals surface area (Å²) in [4.78, 5) is 12.0. The van der Waals surface area contributed by atoms with Gasteiger partial charge in [-0.3, -0.25) is 4.79 Å². The fraction of sp³-hybridized carbons (Fsp3) is 0.167. The Balaban J connectivity index is 1.61. The Hall–Kier alpha value is -2.40. The fourth-order valence-electron chi connectivity index (χ4n) is 2.21. The van der Waals surface area contributed by atoms with Gasteiger partial charge in [-0.2, -0.15) is 5.10 Å². The summed E-state index contributed by atoms with van der Waals surface area (Å²) in [5, 5.41) is 11.3. The predicted molar refractivity (Wildman–Crippen MR) is 95.9 cm³/mol. The van der Waals surface area contributed by atoms with E-state index in [2.05, 4.69) is 46.7 Å². The number of benzene rings is 2. The van der Waals surface area contributed by atoms with E-state index in [-0.39, 0.29) is 11.2 Å². The quantitative estimate of drug-likeness (QED) is 0.694. The number of hydrogen-bond acceptors (Lipinski definition) is 4. The lowest BCUT2D eigenvalue weighted by atomic mass is 10.1.